The third kappa shape index (κ3) is 7.01. The number of benzene rings is 4. The molecule has 262 valence electrons. The van der Waals surface area contributed by atoms with Crippen molar-refractivity contribution >= 4 is 125 Å². The highest BCUT2D eigenvalue weighted by Gasteiger charge is 2.31. The Labute approximate surface area is 305 Å². The summed E-state index contributed by atoms with van der Waals surface area (Å²) < 4.78 is 109. The molecular weight excluding hydrogens is 862 g/mol. The molecule has 51 heavy (non-hydrogen) atoms. The molecule has 0 atom stereocenters. The number of nitrogen functional groups attached to an aromatic ring is 1. The zero-order chi connectivity index (χ0) is 37.2. The average Bonchev–Trinajstić information content (AvgIpc) is 3.03. The SMILES string of the molecule is Nc1ccc2c(c1)C=C(S(=O)(=O)[O-])C(=NNc1ccc3c(c1)C=C(S(=O)(=O)[O-])C(=NNc1c(Br)cc(Br)c4ccc(S(=O)(=O)[O-])cc14)C3=O)C2=O. The Morgan fingerprint density at radius 2 is 1.16 bits per heavy atom. The largest absolute Gasteiger partial charge is 0.744 e. The lowest BCUT2D eigenvalue weighted by atomic mass is 9.94. The van der Waals surface area contributed by atoms with Crippen molar-refractivity contribution in [1.82, 2.24) is 0 Å². The number of hydrogen-bond acceptors (Lipinski definition) is 16. The van der Waals surface area contributed by atoms with Gasteiger partial charge >= 0.3 is 0 Å². The van der Waals surface area contributed by atoms with E-state index in [9.17, 15) is 48.5 Å². The number of rotatable bonds is 7. The first kappa shape index (κ1) is 36.2. The van der Waals surface area contributed by atoms with Crippen LogP contribution in [0.1, 0.15) is 31.8 Å². The first-order valence-corrected chi connectivity index (χ1v) is 19.6. The molecule has 6 rings (SSSR count). The van der Waals surface area contributed by atoms with Crippen LogP contribution < -0.4 is 16.6 Å². The molecule has 0 saturated heterocycles. The molecule has 0 bridgehead atoms. The molecule has 0 fully saturated rings. The molecule has 4 N–H and O–H groups in total. The molecule has 0 radical (unpaired) electrons. The molecule has 0 unspecified atom stereocenters. The molecule has 21 heteroatoms. The highest BCUT2D eigenvalue weighted by Crippen LogP contribution is 2.38. The maximum atomic E-state index is 13.6. The van der Waals surface area contributed by atoms with E-state index in [0.29, 0.717) is 9.86 Å². The number of ketones is 2. The molecule has 16 nitrogen and oxygen atoms in total. The maximum absolute atomic E-state index is 13.6. The van der Waals surface area contributed by atoms with Gasteiger partial charge in [0.15, 0.2) is 0 Å². The highest BCUT2D eigenvalue weighted by atomic mass is 79.9. The van der Waals surface area contributed by atoms with E-state index in [1.807, 2.05) is 0 Å². The summed E-state index contributed by atoms with van der Waals surface area (Å²) in [5.74, 6) is -1.93. The Morgan fingerprint density at radius 3 is 1.73 bits per heavy atom. The summed E-state index contributed by atoms with van der Waals surface area (Å²) in [6, 6.07) is 12.7. The van der Waals surface area contributed by atoms with Crippen molar-refractivity contribution in [2.45, 2.75) is 4.90 Å². The Morgan fingerprint density at radius 1 is 0.608 bits per heavy atom. The van der Waals surface area contributed by atoms with Crippen molar-refractivity contribution in [1.29, 1.82) is 0 Å². The Bertz CT molecular complexity index is 2740. The summed E-state index contributed by atoms with van der Waals surface area (Å²) in [6.45, 7) is 0. The maximum Gasteiger partial charge on any atom is 0.215 e. The van der Waals surface area contributed by atoms with Crippen LogP contribution in [0.2, 0.25) is 0 Å². The lowest BCUT2D eigenvalue weighted by Gasteiger charge is -2.21. The van der Waals surface area contributed by atoms with Gasteiger partial charge < -0.3 is 19.4 Å². The molecule has 4 aromatic carbocycles. The molecule has 4 aromatic rings. The Kier molecular flexibility index (Phi) is 9.13. The average molecular weight is 878 g/mol. The van der Waals surface area contributed by atoms with Gasteiger partial charge in [0.05, 0.1) is 26.1 Å². The fraction of sp³-hybridized carbons (Fsp3) is 0. The fourth-order valence-corrected chi connectivity index (χ4v) is 8.39. The van der Waals surface area contributed by atoms with Crippen molar-refractivity contribution in [2.75, 3.05) is 16.6 Å². The fourth-order valence-electron chi connectivity index (χ4n) is 5.19. The second-order valence-electron chi connectivity index (χ2n) is 10.8. The summed E-state index contributed by atoms with van der Waals surface area (Å²) in [7, 11) is -15.5. The number of carbonyl (C=O) groups is 2. The Hall–Kier alpha value is -4.61. The second-order valence-corrected chi connectivity index (χ2v) is 16.5. The van der Waals surface area contributed by atoms with Crippen molar-refractivity contribution < 1.29 is 48.5 Å². The van der Waals surface area contributed by atoms with Crippen molar-refractivity contribution in [2.24, 2.45) is 10.2 Å². The minimum Gasteiger partial charge on any atom is -0.744 e. The van der Waals surface area contributed by atoms with Crippen LogP contribution in [-0.2, 0) is 30.4 Å². The predicted octanol–water partition coefficient (Wildman–Crippen LogP) is 3.95. The van der Waals surface area contributed by atoms with E-state index in [0.717, 1.165) is 24.3 Å². The van der Waals surface area contributed by atoms with Gasteiger partial charge in [-0.1, -0.05) is 22.0 Å². The van der Waals surface area contributed by atoms with Gasteiger partial charge in [-0.05, 0) is 99.2 Å². The summed E-state index contributed by atoms with van der Waals surface area (Å²) in [5, 5.41) is 8.28. The number of hydrogen-bond donors (Lipinski definition) is 3. The molecule has 2 aliphatic rings. The summed E-state index contributed by atoms with van der Waals surface area (Å²) >= 11 is 6.61. The van der Waals surface area contributed by atoms with Gasteiger partial charge in [0.25, 0.3) is 0 Å². The lowest BCUT2D eigenvalue weighted by molar-refractivity contribution is 0.105. The molecule has 0 aromatic heterocycles. The molecule has 0 saturated carbocycles. The number of allylic oxidation sites excluding steroid dienone is 2. The summed E-state index contributed by atoms with van der Waals surface area (Å²) in [6.07, 6.45) is 1.80. The number of fused-ring (bicyclic) bond motifs is 3. The summed E-state index contributed by atoms with van der Waals surface area (Å²) in [5.41, 5.74) is 9.14. The zero-order valence-corrected chi connectivity index (χ0v) is 30.5. The number of nitrogens with two attached hydrogens (primary N) is 1. The molecule has 2 aliphatic carbocycles. The van der Waals surface area contributed by atoms with E-state index in [1.54, 1.807) is 0 Å². The number of halogens is 2. The van der Waals surface area contributed by atoms with Crippen LogP contribution >= 0.6 is 31.9 Å². The van der Waals surface area contributed by atoms with E-state index in [1.165, 1.54) is 48.5 Å². The van der Waals surface area contributed by atoms with Crippen LogP contribution in [0.3, 0.4) is 0 Å². The van der Waals surface area contributed by atoms with E-state index >= 15 is 0 Å². The smallest absolute Gasteiger partial charge is 0.215 e. The van der Waals surface area contributed by atoms with Crippen molar-refractivity contribution in [3.05, 3.63) is 102 Å². The van der Waals surface area contributed by atoms with Crippen molar-refractivity contribution in [3.63, 3.8) is 0 Å². The van der Waals surface area contributed by atoms with Gasteiger partial charge in [-0.15, -0.1) is 0 Å². The monoisotopic (exact) mass is 876 g/mol. The van der Waals surface area contributed by atoms with E-state index in [4.69, 9.17) is 5.73 Å². The minimum atomic E-state index is -5.38. The quantitative estimate of drug-likeness (QED) is 0.135. The molecule has 0 heterocycles. The zero-order valence-electron chi connectivity index (χ0n) is 24.9. The molecule has 0 amide bonds. The van der Waals surface area contributed by atoms with E-state index in [-0.39, 0.29) is 49.2 Å². The molecular formula is C30H16Br2N5O11S3-3. The van der Waals surface area contributed by atoms with Gasteiger partial charge in [0.1, 0.15) is 41.8 Å². The number of carbonyl (C=O) groups excluding carboxylic acids is 2. The highest BCUT2D eigenvalue weighted by molar-refractivity contribution is 9.11. The second kappa shape index (κ2) is 12.9. The van der Waals surface area contributed by atoms with Gasteiger partial charge in [-0.25, -0.2) is 25.3 Å². The number of Topliss-reactive ketones (excluding diaryl/α,β-unsaturated/α-hetero) is 2. The third-order valence-corrected chi connectivity index (χ3v) is 11.3. The van der Waals surface area contributed by atoms with Gasteiger partial charge in [-0.3, -0.25) is 20.4 Å². The van der Waals surface area contributed by atoms with Crippen LogP contribution in [-0.4, -0.2) is 61.9 Å². The van der Waals surface area contributed by atoms with Crippen molar-refractivity contribution in [3.8, 4) is 0 Å². The standard InChI is InChI=1S/C30H19Br2N5O11S3/c31-22-12-23(32)26(21-11-17(49(40,41)42)3-6-20(21)22)35-37-28-25(51(46,47)48)10-14-8-16(2-5-19(14)30(28)39)34-36-27-24(50(43,44)45)9-13-7-15(33)1-4-18(13)29(27)38/h1-12,34-35H,33H2,(H,40,41,42)(H,43,44,45)(H,46,47,48)/p-3. The van der Waals surface area contributed by atoms with E-state index < -0.39 is 68.0 Å². The van der Waals surface area contributed by atoms with Crippen LogP contribution in [0.15, 0.2) is 94.5 Å². The molecule has 0 aliphatic heterocycles. The van der Waals surface area contributed by atoms with E-state index in [2.05, 4.69) is 52.9 Å². The van der Waals surface area contributed by atoms with Crippen LogP contribution in [0.4, 0.5) is 17.1 Å². The minimum absolute atomic E-state index is 0.0144. The number of nitrogens with one attached hydrogen (secondary N) is 2. The van der Waals surface area contributed by atoms with Gasteiger partial charge in [0.2, 0.25) is 11.6 Å². The number of hydrazone groups is 2. The Balaban J connectivity index is 1.39. The van der Waals surface area contributed by atoms with Crippen LogP contribution in [0, 0.1) is 0 Å². The number of anilines is 3. The van der Waals surface area contributed by atoms with Crippen LogP contribution in [0.25, 0.3) is 22.9 Å². The first-order valence-electron chi connectivity index (χ1n) is 13.8. The predicted molar refractivity (Wildman–Crippen MR) is 191 cm³/mol. The lowest BCUT2D eigenvalue weighted by Crippen LogP contribution is -2.27. The number of nitrogens with zero attached hydrogens (tertiary/aromatic N) is 2. The first-order chi connectivity index (χ1) is 23.7. The normalized spacial score (nSPS) is 16.5. The summed E-state index contributed by atoms with van der Waals surface area (Å²) in [4.78, 5) is 24.1. The van der Waals surface area contributed by atoms with Gasteiger partial charge in [0, 0.05) is 31.1 Å². The molecule has 0 spiro atoms. The van der Waals surface area contributed by atoms with Gasteiger partial charge in [-0.2, -0.15) is 10.2 Å². The van der Waals surface area contributed by atoms with Crippen LogP contribution in [0.5, 0.6) is 0 Å². The topological polar surface area (TPSA) is 281 Å². The third-order valence-electron chi connectivity index (χ3n) is 7.50.